The summed E-state index contributed by atoms with van der Waals surface area (Å²) < 4.78 is 13.8. The van der Waals surface area contributed by atoms with Gasteiger partial charge in [0, 0.05) is 37.5 Å². The first kappa shape index (κ1) is 47.0. The average molecular weight is 695 g/mol. The summed E-state index contributed by atoms with van der Waals surface area (Å²) >= 11 is 7.09. The summed E-state index contributed by atoms with van der Waals surface area (Å²) in [6, 6.07) is -1.26. The molecule has 0 rings (SSSR count). The second-order valence-corrected chi connectivity index (χ2v) is 12.2. The Labute approximate surface area is 283 Å². The van der Waals surface area contributed by atoms with E-state index < -0.39 is 24.0 Å². The van der Waals surface area contributed by atoms with Gasteiger partial charge in [-0.05, 0) is 57.0 Å². The molecule has 0 unspecified atom stereocenters. The number of ether oxygens (including phenoxy) is 3. The highest BCUT2D eigenvalue weighted by molar-refractivity contribution is 7.99. The summed E-state index contributed by atoms with van der Waals surface area (Å²) in [4.78, 5) is 66.7. The van der Waals surface area contributed by atoms with Gasteiger partial charge in [0.2, 0.25) is 11.8 Å². The number of thioether (sulfide) groups is 2. The van der Waals surface area contributed by atoms with Crippen LogP contribution < -0.4 is 10.6 Å². The van der Waals surface area contributed by atoms with Gasteiger partial charge in [-0.3, -0.25) is 14.4 Å². The SMILES string of the molecule is C=CCCCCC=C.COC(=O)[C@H](CS)NC(C)=O.COC(=O)[C@H](CSCCCCSC[C@H](NC(C)=O)C(=O)OC)CC(C)=O. The largest absolute Gasteiger partial charge is 0.469 e. The van der Waals surface area contributed by atoms with Crippen molar-refractivity contribution in [1.82, 2.24) is 10.6 Å². The first-order valence-corrected chi connectivity index (χ1v) is 17.5. The van der Waals surface area contributed by atoms with E-state index in [1.807, 2.05) is 12.2 Å². The normalized spacial score (nSPS) is 11.8. The molecule has 260 valence electrons. The molecule has 0 aromatic carbocycles. The van der Waals surface area contributed by atoms with Crippen molar-refractivity contribution in [2.75, 3.05) is 50.1 Å². The number of nitrogens with one attached hydrogen (secondary N) is 2. The quantitative estimate of drug-likeness (QED) is 0.0492. The third-order valence-corrected chi connectivity index (χ3v) is 8.20. The van der Waals surface area contributed by atoms with E-state index >= 15 is 0 Å². The Hall–Kier alpha value is -2.45. The van der Waals surface area contributed by atoms with Crippen LogP contribution in [0.4, 0.5) is 0 Å². The third kappa shape index (κ3) is 31.3. The van der Waals surface area contributed by atoms with Crippen molar-refractivity contribution in [2.45, 2.75) is 77.8 Å². The van der Waals surface area contributed by atoms with Crippen molar-refractivity contribution in [2.24, 2.45) is 5.92 Å². The molecule has 0 aliphatic rings. The molecule has 0 heterocycles. The van der Waals surface area contributed by atoms with Gasteiger partial charge in [0.05, 0.1) is 27.2 Å². The molecule has 0 aromatic heterocycles. The topological polar surface area (TPSA) is 154 Å². The molecule has 3 atom stereocenters. The fourth-order valence-corrected chi connectivity index (χ4v) is 5.64. The predicted octanol–water partition coefficient (Wildman–Crippen LogP) is 4.19. The minimum absolute atomic E-state index is 0.0169. The highest BCUT2D eigenvalue weighted by Gasteiger charge is 2.21. The van der Waals surface area contributed by atoms with Gasteiger partial charge in [0.1, 0.15) is 17.9 Å². The Morgan fingerprint density at radius 1 is 0.689 bits per heavy atom. The van der Waals surface area contributed by atoms with Crippen LogP contribution >= 0.6 is 36.2 Å². The number of ketones is 1. The van der Waals surface area contributed by atoms with Crippen LogP contribution in [-0.4, -0.2) is 97.7 Å². The van der Waals surface area contributed by atoms with Crippen LogP contribution in [-0.2, 0) is 43.0 Å². The zero-order valence-corrected chi connectivity index (χ0v) is 30.3. The Kier molecular flexibility index (Phi) is 34.4. The summed E-state index contributed by atoms with van der Waals surface area (Å²) in [7, 11) is 3.90. The summed E-state index contributed by atoms with van der Waals surface area (Å²) in [5, 5.41) is 4.97. The highest BCUT2D eigenvalue weighted by Crippen LogP contribution is 2.17. The van der Waals surface area contributed by atoms with Crippen LogP contribution in [0.25, 0.3) is 0 Å². The lowest BCUT2D eigenvalue weighted by Gasteiger charge is -2.15. The molecule has 2 N–H and O–H groups in total. The first-order chi connectivity index (χ1) is 21.3. The highest BCUT2D eigenvalue weighted by atomic mass is 32.2. The molecule has 0 spiro atoms. The molecule has 0 bridgehead atoms. The van der Waals surface area contributed by atoms with Gasteiger partial charge in [-0.25, -0.2) is 9.59 Å². The number of methoxy groups -OCH3 is 3. The number of unbranched alkanes of at least 4 members (excludes halogenated alkanes) is 4. The first-order valence-electron chi connectivity index (χ1n) is 14.6. The maximum Gasteiger partial charge on any atom is 0.329 e. The minimum Gasteiger partial charge on any atom is -0.469 e. The fourth-order valence-electron chi connectivity index (χ4n) is 3.26. The van der Waals surface area contributed by atoms with Crippen LogP contribution in [0.15, 0.2) is 25.3 Å². The number of rotatable bonds is 22. The molecule has 14 heteroatoms. The van der Waals surface area contributed by atoms with E-state index in [2.05, 4.69) is 45.9 Å². The van der Waals surface area contributed by atoms with Crippen molar-refractivity contribution in [3.63, 3.8) is 0 Å². The summed E-state index contributed by atoms with van der Waals surface area (Å²) in [6.07, 6.45) is 10.9. The number of amides is 2. The number of carbonyl (C=O) groups is 6. The molecule has 0 saturated heterocycles. The molecule has 2 amide bonds. The molecule has 0 aromatic rings. The maximum atomic E-state index is 11.6. The van der Waals surface area contributed by atoms with Gasteiger partial charge < -0.3 is 29.6 Å². The maximum absolute atomic E-state index is 11.6. The fraction of sp³-hybridized carbons (Fsp3) is 0.677. The standard InChI is InChI=1S/C17H29NO6S2.C8H14.C6H11NO3S/c1-12(19)9-14(16(21)23-3)10-25-7-5-6-8-26-11-15(17(22)24-4)18-13(2)20;1-3-5-7-8-6-4-2;1-4(8)7-5(3-11)6(9)10-2/h14-15H,5-11H2,1-4H3,(H,18,20);3-4H,1-2,5-8H2;5,11H,3H2,1-2H3,(H,7,8)/t14-,15-;;5-/m0.0/s1. The van der Waals surface area contributed by atoms with Crippen molar-refractivity contribution in [3.05, 3.63) is 25.3 Å². The monoisotopic (exact) mass is 694 g/mol. The van der Waals surface area contributed by atoms with Gasteiger partial charge in [0.15, 0.2) is 0 Å². The number of esters is 3. The molecule has 45 heavy (non-hydrogen) atoms. The molecular weight excluding hydrogens is 641 g/mol. The van der Waals surface area contributed by atoms with E-state index in [4.69, 9.17) is 4.74 Å². The molecule has 0 fully saturated rings. The zero-order chi connectivity index (χ0) is 35.0. The number of thiol groups is 1. The number of Topliss-reactive ketones (excluding diaryl/α,β-unsaturated/α-hetero) is 1. The van der Waals surface area contributed by atoms with E-state index in [1.165, 1.54) is 54.9 Å². The lowest BCUT2D eigenvalue weighted by atomic mass is 10.1. The second kappa shape index (κ2) is 32.9. The lowest BCUT2D eigenvalue weighted by Crippen LogP contribution is -2.42. The van der Waals surface area contributed by atoms with Gasteiger partial charge in [-0.2, -0.15) is 36.2 Å². The van der Waals surface area contributed by atoms with Crippen LogP contribution in [0.2, 0.25) is 0 Å². The minimum atomic E-state index is -0.638. The van der Waals surface area contributed by atoms with Crippen LogP contribution in [0.3, 0.4) is 0 Å². The molecule has 0 aliphatic carbocycles. The van der Waals surface area contributed by atoms with Crippen molar-refractivity contribution in [1.29, 1.82) is 0 Å². The number of allylic oxidation sites excluding steroid dienone is 2. The van der Waals surface area contributed by atoms with Crippen LogP contribution in [0, 0.1) is 5.92 Å². The Morgan fingerprint density at radius 2 is 1.11 bits per heavy atom. The number of hydrogen-bond donors (Lipinski definition) is 3. The van der Waals surface area contributed by atoms with E-state index in [1.54, 1.807) is 23.5 Å². The molecule has 0 saturated carbocycles. The van der Waals surface area contributed by atoms with E-state index in [0.29, 0.717) is 11.5 Å². The van der Waals surface area contributed by atoms with Crippen LogP contribution in [0.5, 0.6) is 0 Å². The van der Waals surface area contributed by atoms with Crippen LogP contribution in [0.1, 0.15) is 65.7 Å². The van der Waals surface area contributed by atoms with Gasteiger partial charge >= 0.3 is 17.9 Å². The summed E-state index contributed by atoms with van der Waals surface area (Å²) in [5.74, 6) is 0.859. The summed E-state index contributed by atoms with van der Waals surface area (Å²) in [6.45, 7) is 11.4. The molecule has 0 radical (unpaired) electrons. The molecule has 11 nitrogen and oxygen atoms in total. The van der Waals surface area contributed by atoms with Gasteiger partial charge in [0.25, 0.3) is 0 Å². The third-order valence-electron chi connectivity index (χ3n) is 5.47. The Balaban J connectivity index is -0.000000756. The number of carbonyl (C=O) groups excluding carboxylic acids is 6. The Morgan fingerprint density at radius 3 is 1.49 bits per heavy atom. The molecular formula is C31H54N2O9S3. The van der Waals surface area contributed by atoms with Crippen molar-refractivity contribution < 1.29 is 43.0 Å². The number of hydrogen-bond acceptors (Lipinski definition) is 12. The lowest BCUT2D eigenvalue weighted by molar-refractivity contribution is -0.146. The smallest absolute Gasteiger partial charge is 0.329 e. The summed E-state index contributed by atoms with van der Waals surface area (Å²) in [5.41, 5.74) is 0. The second-order valence-electron chi connectivity index (χ2n) is 9.58. The van der Waals surface area contributed by atoms with E-state index in [-0.39, 0.29) is 41.7 Å². The van der Waals surface area contributed by atoms with Crippen molar-refractivity contribution >= 4 is 71.7 Å². The van der Waals surface area contributed by atoms with E-state index in [9.17, 15) is 28.8 Å². The Bertz CT molecular complexity index is 836. The average Bonchev–Trinajstić information content (AvgIpc) is 3.00. The zero-order valence-electron chi connectivity index (χ0n) is 27.7. The van der Waals surface area contributed by atoms with Gasteiger partial charge in [-0.1, -0.05) is 12.2 Å². The van der Waals surface area contributed by atoms with E-state index in [0.717, 1.165) is 37.2 Å². The molecule has 0 aliphatic heterocycles. The van der Waals surface area contributed by atoms with Crippen molar-refractivity contribution in [3.8, 4) is 0 Å². The predicted molar refractivity (Wildman–Crippen MR) is 187 cm³/mol. The van der Waals surface area contributed by atoms with Gasteiger partial charge in [-0.15, -0.1) is 13.2 Å².